The normalized spacial score (nSPS) is 19.0. The summed E-state index contributed by atoms with van der Waals surface area (Å²) >= 11 is 19.6. The van der Waals surface area contributed by atoms with Gasteiger partial charge in [0.05, 0.1) is 23.8 Å². The Hall–Kier alpha value is -1.39. The zero-order valence-electron chi connectivity index (χ0n) is 18.9. The van der Waals surface area contributed by atoms with Gasteiger partial charge in [-0.1, -0.05) is 48.2 Å². The summed E-state index contributed by atoms with van der Waals surface area (Å²) in [7, 11) is 0. The summed E-state index contributed by atoms with van der Waals surface area (Å²) < 4.78 is 14.6. The van der Waals surface area contributed by atoms with E-state index in [1.807, 2.05) is 35.6 Å². The molecule has 2 aliphatic rings. The van der Waals surface area contributed by atoms with Crippen LogP contribution in [0.5, 0.6) is 0 Å². The Morgan fingerprint density at radius 3 is 2.71 bits per heavy atom. The molecule has 9 heteroatoms. The number of pyridine rings is 1. The van der Waals surface area contributed by atoms with Crippen LogP contribution in [-0.2, 0) is 29.1 Å². The van der Waals surface area contributed by atoms with Gasteiger partial charge in [-0.25, -0.2) is 0 Å². The molecular weight excluding hydrogens is 506 g/mol. The molecule has 1 unspecified atom stereocenters. The second-order valence-corrected chi connectivity index (χ2v) is 11.2. The van der Waals surface area contributed by atoms with Crippen molar-refractivity contribution in [2.24, 2.45) is 0 Å². The molecule has 0 aliphatic carbocycles. The number of hydrogen-bond donors (Lipinski definition) is 1. The molecule has 0 radical (unpaired) electrons. The molecule has 3 aromatic rings. The number of rotatable bonds is 7. The molecular formula is C25H28ClN3O2S3. The van der Waals surface area contributed by atoms with Gasteiger partial charge in [0, 0.05) is 66.4 Å². The standard InChI is InChI=1S/C25H28ClN3O2S3/c26-18-5-3-17(4-6-18)13-27-24(33)22-16-29(14-19-2-1-9-31-19)25-21(23(22)32)12-20(34-25)15-28-7-10-30-11-8-28/h3-6,12,16,19H,1-2,7-11,13-15H2,(H,27,33). The van der Waals surface area contributed by atoms with Crippen molar-refractivity contribution in [3.63, 3.8) is 0 Å². The Morgan fingerprint density at radius 1 is 1.18 bits per heavy atom. The number of hydrogen-bond acceptors (Lipinski definition) is 6. The molecule has 0 amide bonds. The smallest absolute Gasteiger partial charge is 0.109 e. The summed E-state index contributed by atoms with van der Waals surface area (Å²) in [6.07, 6.45) is 4.56. The topological polar surface area (TPSA) is 38.7 Å². The monoisotopic (exact) mass is 533 g/mol. The maximum Gasteiger partial charge on any atom is 0.109 e. The van der Waals surface area contributed by atoms with Gasteiger partial charge in [-0.05, 0) is 36.6 Å². The minimum absolute atomic E-state index is 0.234. The molecule has 4 heterocycles. The molecule has 2 aliphatic heterocycles. The molecule has 2 fully saturated rings. The van der Waals surface area contributed by atoms with E-state index in [0.717, 1.165) is 84.9 Å². The van der Waals surface area contributed by atoms with Crippen LogP contribution in [0.1, 0.15) is 28.8 Å². The number of thiocarbonyl (C=S) groups is 1. The zero-order chi connectivity index (χ0) is 23.5. The summed E-state index contributed by atoms with van der Waals surface area (Å²) in [5, 5.41) is 5.22. The number of halogens is 1. The van der Waals surface area contributed by atoms with Gasteiger partial charge in [-0.15, -0.1) is 11.3 Å². The van der Waals surface area contributed by atoms with Crippen LogP contribution in [-0.4, -0.2) is 53.5 Å². The van der Waals surface area contributed by atoms with Crippen molar-refractivity contribution in [3.8, 4) is 0 Å². The highest BCUT2D eigenvalue weighted by molar-refractivity contribution is 7.80. The highest BCUT2D eigenvalue weighted by atomic mass is 35.5. The maximum atomic E-state index is 6.02. The lowest BCUT2D eigenvalue weighted by molar-refractivity contribution is 0.0346. The molecule has 2 aromatic heterocycles. The van der Waals surface area contributed by atoms with E-state index in [1.165, 1.54) is 9.71 Å². The second-order valence-electron chi connectivity index (χ2n) is 8.79. The molecule has 1 aromatic carbocycles. The van der Waals surface area contributed by atoms with Gasteiger partial charge in [0.1, 0.15) is 9.82 Å². The fraction of sp³-hybridized carbons (Fsp3) is 0.440. The van der Waals surface area contributed by atoms with Crippen LogP contribution in [0.25, 0.3) is 10.2 Å². The van der Waals surface area contributed by atoms with E-state index >= 15 is 0 Å². The van der Waals surface area contributed by atoms with Gasteiger partial charge in [0.2, 0.25) is 0 Å². The predicted octanol–water partition coefficient (Wildman–Crippen LogP) is 5.56. The molecule has 0 bridgehead atoms. The summed E-state index contributed by atoms with van der Waals surface area (Å²) in [6, 6.07) is 10.1. The molecule has 2 saturated heterocycles. The molecule has 1 N–H and O–H groups in total. The van der Waals surface area contributed by atoms with E-state index in [2.05, 4.69) is 27.0 Å². The lowest BCUT2D eigenvalue weighted by Gasteiger charge is -2.25. The fourth-order valence-electron chi connectivity index (χ4n) is 4.47. The highest BCUT2D eigenvalue weighted by Gasteiger charge is 2.20. The summed E-state index contributed by atoms with van der Waals surface area (Å²) in [5.74, 6) is 0. The van der Waals surface area contributed by atoms with Crippen molar-refractivity contribution in [1.82, 2.24) is 14.8 Å². The van der Waals surface area contributed by atoms with Crippen LogP contribution in [0.4, 0.5) is 0 Å². The van der Waals surface area contributed by atoms with E-state index in [0.29, 0.717) is 11.5 Å². The lowest BCUT2D eigenvalue weighted by atomic mass is 10.2. The van der Waals surface area contributed by atoms with E-state index in [9.17, 15) is 0 Å². The molecule has 1 atom stereocenters. The summed E-state index contributed by atoms with van der Waals surface area (Å²) in [6.45, 7) is 6.74. The lowest BCUT2D eigenvalue weighted by Crippen LogP contribution is -2.35. The molecule has 5 rings (SSSR count). The highest BCUT2D eigenvalue weighted by Crippen LogP contribution is 2.31. The predicted molar refractivity (Wildman–Crippen MR) is 146 cm³/mol. The largest absolute Gasteiger partial charge is 0.379 e. The van der Waals surface area contributed by atoms with Crippen LogP contribution < -0.4 is 5.32 Å². The van der Waals surface area contributed by atoms with Gasteiger partial charge in [-0.2, -0.15) is 0 Å². The van der Waals surface area contributed by atoms with Crippen LogP contribution in [0.2, 0.25) is 5.02 Å². The Bertz CT molecular complexity index is 1210. The van der Waals surface area contributed by atoms with Crippen molar-refractivity contribution >= 4 is 62.6 Å². The van der Waals surface area contributed by atoms with Gasteiger partial charge in [-0.3, -0.25) is 4.90 Å². The number of ether oxygens (including phenoxy) is 2. The van der Waals surface area contributed by atoms with Crippen LogP contribution >= 0.6 is 47.4 Å². The van der Waals surface area contributed by atoms with E-state index in [-0.39, 0.29) is 6.10 Å². The maximum absolute atomic E-state index is 6.02. The second kappa shape index (κ2) is 11.1. The van der Waals surface area contributed by atoms with E-state index in [1.54, 1.807) is 0 Å². The first kappa shape index (κ1) is 24.3. The minimum atomic E-state index is 0.234. The summed E-state index contributed by atoms with van der Waals surface area (Å²) in [5.41, 5.74) is 2.02. The SMILES string of the molecule is S=C(NCc1ccc(Cl)cc1)c1cn(CC2CCCO2)c2sc(CN3CCOCC3)cc2c1=S. The van der Waals surface area contributed by atoms with Gasteiger partial charge in [0.25, 0.3) is 0 Å². The number of nitrogens with one attached hydrogen (secondary N) is 1. The molecule has 0 spiro atoms. The average Bonchev–Trinajstić information content (AvgIpc) is 3.51. The van der Waals surface area contributed by atoms with Gasteiger partial charge in [0.15, 0.2) is 0 Å². The third-order valence-corrected chi connectivity index (χ3v) is 8.53. The first-order valence-electron chi connectivity index (χ1n) is 11.7. The van der Waals surface area contributed by atoms with Crippen molar-refractivity contribution < 1.29 is 9.47 Å². The molecule has 180 valence electrons. The van der Waals surface area contributed by atoms with Crippen LogP contribution in [0.15, 0.2) is 36.5 Å². The van der Waals surface area contributed by atoms with E-state index < -0.39 is 0 Å². The minimum Gasteiger partial charge on any atom is -0.379 e. The third-order valence-electron chi connectivity index (χ3n) is 6.32. The zero-order valence-corrected chi connectivity index (χ0v) is 22.1. The Morgan fingerprint density at radius 2 is 1.97 bits per heavy atom. The van der Waals surface area contributed by atoms with Gasteiger partial charge >= 0.3 is 0 Å². The Kier molecular flexibility index (Phi) is 7.95. The van der Waals surface area contributed by atoms with Crippen molar-refractivity contribution in [1.29, 1.82) is 0 Å². The van der Waals surface area contributed by atoms with Crippen LogP contribution in [0.3, 0.4) is 0 Å². The van der Waals surface area contributed by atoms with Gasteiger partial charge < -0.3 is 19.4 Å². The third kappa shape index (κ3) is 5.70. The number of benzene rings is 1. The van der Waals surface area contributed by atoms with E-state index in [4.69, 9.17) is 45.5 Å². The number of aromatic nitrogens is 1. The van der Waals surface area contributed by atoms with Crippen molar-refractivity contribution in [2.45, 2.75) is 38.6 Å². The molecule has 0 saturated carbocycles. The quantitative estimate of drug-likeness (QED) is 0.401. The first-order valence-corrected chi connectivity index (χ1v) is 13.7. The average molecular weight is 534 g/mol. The molecule has 5 nitrogen and oxygen atoms in total. The Labute approximate surface area is 219 Å². The number of nitrogens with zero attached hydrogens (tertiary/aromatic N) is 2. The number of thiophene rings is 1. The van der Waals surface area contributed by atoms with Crippen LogP contribution in [0, 0.1) is 4.51 Å². The number of fused-ring (bicyclic) bond motifs is 1. The fourth-order valence-corrected chi connectivity index (χ4v) is 6.45. The number of morpholine rings is 1. The van der Waals surface area contributed by atoms with Crippen molar-refractivity contribution in [2.75, 3.05) is 32.9 Å². The first-order chi connectivity index (χ1) is 16.6. The Balaban J connectivity index is 1.43. The summed E-state index contributed by atoms with van der Waals surface area (Å²) in [4.78, 5) is 5.64. The molecule has 34 heavy (non-hydrogen) atoms. The van der Waals surface area contributed by atoms with Crippen molar-refractivity contribution in [3.05, 3.63) is 62.1 Å².